The summed E-state index contributed by atoms with van der Waals surface area (Å²) < 4.78 is 0. The molecule has 0 aromatic carbocycles. The van der Waals surface area contributed by atoms with Crippen LogP contribution in [-0.4, -0.2) is 5.88 Å². The third kappa shape index (κ3) is 16.0. The lowest BCUT2D eigenvalue weighted by molar-refractivity contribution is 0.551. The van der Waals surface area contributed by atoms with Crippen LogP contribution < -0.4 is 0 Å². The molecule has 0 aliphatic heterocycles. The Morgan fingerprint density at radius 2 is 1.06 bits per heavy atom. The second-order valence-corrected chi connectivity index (χ2v) is 5.31. The SMILES string of the molecule is C/C=C/CCCCCCCCCCCCCCl. The summed E-state index contributed by atoms with van der Waals surface area (Å²) in [6.45, 7) is 2.10. The number of rotatable bonds is 13. The average molecular weight is 259 g/mol. The molecular weight excluding hydrogens is 228 g/mol. The number of hydrogen-bond acceptors (Lipinski definition) is 0. The number of alkyl halides is 1. The van der Waals surface area contributed by atoms with Crippen molar-refractivity contribution in [2.75, 3.05) is 5.88 Å². The predicted molar refractivity (Wildman–Crippen MR) is 80.9 cm³/mol. The van der Waals surface area contributed by atoms with E-state index in [1.807, 2.05) is 0 Å². The highest BCUT2D eigenvalue weighted by Gasteiger charge is 1.92. The van der Waals surface area contributed by atoms with Crippen LogP contribution >= 0.6 is 11.6 Å². The molecule has 0 aliphatic carbocycles. The minimum Gasteiger partial charge on any atom is -0.127 e. The topological polar surface area (TPSA) is 0 Å². The van der Waals surface area contributed by atoms with Crippen molar-refractivity contribution in [1.82, 2.24) is 0 Å². The average Bonchev–Trinajstić information content (AvgIpc) is 2.35. The first kappa shape index (κ1) is 17.0. The maximum atomic E-state index is 5.64. The molecule has 1 heteroatoms. The molecule has 0 nitrogen and oxygen atoms in total. The third-order valence-electron chi connectivity index (χ3n) is 3.24. The van der Waals surface area contributed by atoms with Gasteiger partial charge >= 0.3 is 0 Å². The van der Waals surface area contributed by atoms with E-state index in [4.69, 9.17) is 11.6 Å². The van der Waals surface area contributed by atoms with Crippen molar-refractivity contribution in [2.45, 2.75) is 84.0 Å². The summed E-state index contributed by atoms with van der Waals surface area (Å²) in [6, 6.07) is 0. The van der Waals surface area contributed by atoms with Crippen LogP contribution in [0, 0.1) is 0 Å². The molecule has 0 heterocycles. The summed E-state index contributed by atoms with van der Waals surface area (Å²) in [5.41, 5.74) is 0. The van der Waals surface area contributed by atoms with Gasteiger partial charge in [-0.05, 0) is 26.2 Å². The molecule has 0 unspecified atom stereocenters. The van der Waals surface area contributed by atoms with Crippen molar-refractivity contribution in [3.63, 3.8) is 0 Å². The largest absolute Gasteiger partial charge is 0.127 e. The highest BCUT2D eigenvalue weighted by molar-refractivity contribution is 6.17. The van der Waals surface area contributed by atoms with E-state index < -0.39 is 0 Å². The van der Waals surface area contributed by atoms with Gasteiger partial charge < -0.3 is 0 Å². The molecule has 0 amide bonds. The lowest BCUT2D eigenvalue weighted by atomic mass is 10.1. The quantitative estimate of drug-likeness (QED) is 0.201. The van der Waals surface area contributed by atoms with E-state index in [2.05, 4.69) is 19.1 Å². The van der Waals surface area contributed by atoms with Crippen molar-refractivity contribution >= 4 is 11.6 Å². The van der Waals surface area contributed by atoms with Crippen molar-refractivity contribution in [1.29, 1.82) is 0 Å². The minimum absolute atomic E-state index is 0.840. The smallest absolute Gasteiger partial charge is 0.0223 e. The Hall–Kier alpha value is 0.0300. The van der Waals surface area contributed by atoms with Crippen molar-refractivity contribution in [3.05, 3.63) is 12.2 Å². The van der Waals surface area contributed by atoms with Crippen LogP contribution in [0.4, 0.5) is 0 Å². The summed E-state index contributed by atoms with van der Waals surface area (Å²) in [6.07, 6.45) is 21.0. The summed E-state index contributed by atoms with van der Waals surface area (Å²) in [5, 5.41) is 0. The number of allylic oxidation sites excluding steroid dienone is 2. The zero-order valence-corrected chi connectivity index (χ0v) is 12.5. The third-order valence-corrected chi connectivity index (χ3v) is 3.51. The molecule has 17 heavy (non-hydrogen) atoms. The van der Waals surface area contributed by atoms with Gasteiger partial charge in [0.2, 0.25) is 0 Å². The van der Waals surface area contributed by atoms with E-state index in [0.717, 1.165) is 5.88 Å². The van der Waals surface area contributed by atoms with Gasteiger partial charge in [-0.25, -0.2) is 0 Å². The van der Waals surface area contributed by atoms with E-state index in [0.29, 0.717) is 0 Å². The van der Waals surface area contributed by atoms with Gasteiger partial charge in [0.15, 0.2) is 0 Å². The Labute approximate surface area is 114 Å². The van der Waals surface area contributed by atoms with E-state index in [-0.39, 0.29) is 0 Å². The van der Waals surface area contributed by atoms with Crippen LogP contribution in [0.1, 0.15) is 84.0 Å². The zero-order valence-electron chi connectivity index (χ0n) is 11.7. The van der Waals surface area contributed by atoms with E-state index in [9.17, 15) is 0 Å². The second-order valence-electron chi connectivity index (χ2n) is 4.94. The Balaban J connectivity index is 2.89. The van der Waals surface area contributed by atoms with Crippen LogP contribution in [0.15, 0.2) is 12.2 Å². The molecule has 0 saturated heterocycles. The van der Waals surface area contributed by atoms with Gasteiger partial charge in [-0.15, -0.1) is 11.6 Å². The van der Waals surface area contributed by atoms with Crippen molar-refractivity contribution in [2.24, 2.45) is 0 Å². The van der Waals surface area contributed by atoms with Crippen LogP contribution in [0.25, 0.3) is 0 Å². The molecular formula is C16H31Cl. The van der Waals surface area contributed by atoms with Crippen molar-refractivity contribution < 1.29 is 0 Å². The normalized spacial score (nSPS) is 11.4. The maximum Gasteiger partial charge on any atom is 0.0223 e. The predicted octanol–water partition coefficient (Wildman–Crippen LogP) is 6.48. The van der Waals surface area contributed by atoms with Gasteiger partial charge in [0, 0.05) is 5.88 Å². The summed E-state index contributed by atoms with van der Waals surface area (Å²) in [4.78, 5) is 0. The van der Waals surface area contributed by atoms with E-state index in [1.165, 1.54) is 77.0 Å². The van der Waals surface area contributed by atoms with Gasteiger partial charge in [-0.2, -0.15) is 0 Å². The van der Waals surface area contributed by atoms with Gasteiger partial charge in [-0.3, -0.25) is 0 Å². The first-order chi connectivity index (χ1) is 8.41. The van der Waals surface area contributed by atoms with Gasteiger partial charge in [-0.1, -0.05) is 69.9 Å². The fraction of sp³-hybridized carbons (Fsp3) is 0.875. The molecule has 0 saturated carbocycles. The highest BCUT2D eigenvalue weighted by atomic mass is 35.5. The van der Waals surface area contributed by atoms with Crippen LogP contribution in [0.3, 0.4) is 0 Å². The molecule has 0 rings (SSSR count). The first-order valence-corrected chi connectivity index (χ1v) is 8.12. The second kappa shape index (κ2) is 16.0. The summed E-state index contributed by atoms with van der Waals surface area (Å²) >= 11 is 5.64. The number of unbranched alkanes of at least 4 members (excludes halogenated alkanes) is 11. The molecule has 0 bridgehead atoms. The Bertz CT molecular complexity index is 152. The van der Waals surface area contributed by atoms with Gasteiger partial charge in [0.1, 0.15) is 0 Å². The molecule has 0 aromatic heterocycles. The molecule has 0 spiro atoms. The lowest BCUT2D eigenvalue weighted by Crippen LogP contribution is -1.82. The van der Waals surface area contributed by atoms with Gasteiger partial charge in [0.05, 0.1) is 0 Å². The van der Waals surface area contributed by atoms with Crippen LogP contribution in [-0.2, 0) is 0 Å². The maximum absolute atomic E-state index is 5.64. The standard InChI is InChI=1S/C16H31Cl/c1-2-3-4-5-6-7-8-9-10-11-12-13-14-15-16-17/h2-3H,4-16H2,1H3/b3-2+. The first-order valence-electron chi connectivity index (χ1n) is 7.59. The molecule has 0 atom stereocenters. The lowest BCUT2D eigenvalue weighted by Gasteiger charge is -2.01. The monoisotopic (exact) mass is 258 g/mol. The fourth-order valence-electron chi connectivity index (χ4n) is 2.11. The molecule has 0 N–H and O–H groups in total. The molecule has 0 aliphatic rings. The minimum atomic E-state index is 0.840. The van der Waals surface area contributed by atoms with Crippen molar-refractivity contribution in [3.8, 4) is 0 Å². The highest BCUT2D eigenvalue weighted by Crippen LogP contribution is 2.12. The van der Waals surface area contributed by atoms with Crippen LogP contribution in [0.5, 0.6) is 0 Å². The van der Waals surface area contributed by atoms with Gasteiger partial charge in [0.25, 0.3) is 0 Å². The fourth-order valence-corrected chi connectivity index (χ4v) is 2.30. The summed E-state index contributed by atoms with van der Waals surface area (Å²) in [7, 11) is 0. The number of hydrogen-bond donors (Lipinski definition) is 0. The Kier molecular flexibility index (Phi) is 16.1. The van der Waals surface area contributed by atoms with E-state index >= 15 is 0 Å². The zero-order chi connectivity index (χ0) is 12.6. The molecule has 0 aromatic rings. The number of halogens is 1. The van der Waals surface area contributed by atoms with E-state index in [1.54, 1.807) is 0 Å². The molecule has 0 fully saturated rings. The van der Waals surface area contributed by atoms with Crippen LogP contribution in [0.2, 0.25) is 0 Å². The molecule has 102 valence electrons. The Morgan fingerprint density at radius 1 is 0.647 bits per heavy atom. The molecule has 0 radical (unpaired) electrons. The Morgan fingerprint density at radius 3 is 1.47 bits per heavy atom. The summed E-state index contributed by atoms with van der Waals surface area (Å²) in [5.74, 6) is 0.840.